The van der Waals surface area contributed by atoms with E-state index in [-0.39, 0.29) is 22.8 Å². The van der Waals surface area contributed by atoms with Crippen molar-refractivity contribution >= 4 is 35.0 Å². The summed E-state index contributed by atoms with van der Waals surface area (Å²) in [5, 5.41) is 5.34. The summed E-state index contributed by atoms with van der Waals surface area (Å²) >= 11 is 1.31. The van der Waals surface area contributed by atoms with Gasteiger partial charge in [0.05, 0.1) is 11.0 Å². The zero-order valence-corrected chi connectivity index (χ0v) is 14.0. The van der Waals surface area contributed by atoms with E-state index >= 15 is 0 Å². The number of carbonyl (C=O) groups is 2. The van der Waals surface area contributed by atoms with E-state index in [9.17, 15) is 9.59 Å². The van der Waals surface area contributed by atoms with Crippen LogP contribution in [0.2, 0.25) is 0 Å². The molecule has 2 N–H and O–H groups in total. The number of nitrogens with one attached hydrogen (secondary N) is 2. The number of rotatable bonds is 6. The van der Waals surface area contributed by atoms with Gasteiger partial charge in [-0.1, -0.05) is 35.9 Å². The minimum Gasteiger partial charge on any atom is -0.325 e. The molecule has 2 rings (SSSR count). The van der Waals surface area contributed by atoms with E-state index in [1.165, 1.54) is 11.8 Å². The summed E-state index contributed by atoms with van der Waals surface area (Å²) in [5.74, 6) is 0.0135. The predicted molar refractivity (Wildman–Crippen MR) is 96.8 cm³/mol. The second-order valence-electron chi connectivity index (χ2n) is 5.22. The molecule has 2 amide bonds. The third kappa shape index (κ3) is 5.79. The molecule has 0 fully saturated rings. The molecule has 4 nitrogen and oxygen atoms in total. The van der Waals surface area contributed by atoms with Gasteiger partial charge in [0.15, 0.2) is 0 Å². The molecule has 23 heavy (non-hydrogen) atoms. The molecule has 0 unspecified atom stereocenters. The molecular formula is C18H20N2O2S. The molecule has 0 heterocycles. The lowest BCUT2D eigenvalue weighted by Gasteiger charge is -2.12. The number of para-hydroxylation sites is 1. The number of amides is 2. The van der Waals surface area contributed by atoms with Crippen LogP contribution in [-0.4, -0.2) is 22.8 Å². The summed E-state index contributed by atoms with van der Waals surface area (Å²) in [5.41, 5.74) is 2.67. The van der Waals surface area contributed by atoms with Crippen LogP contribution in [0.15, 0.2) is 54.6 Å². The first-order valence-electron chi connectivity index (χ1n) is 7.38. The number of carbonyl (C=O) groups excluding carboxylic acids is 2. The highest BCUT2D eigenvalue weighted by atomic mass is 32.2. The fourth-order valence-electron chi connectivity index (χ4n) is 1.88. The zero-order valence-electron chi connectivity index (χ0n) is 13.2. The van der Waals surface area contributed by atoms with Gasteiger partial charge in [0.25, 0.3) is 0 Å². The maximum absolute atomic E-state index is 12.1. The smallest absolute Gasteiger partial charge is 0.237 e. The molecule has 0 saturated heterocycles. The van der Waals surface area contributed by atoms with Crippen LogP contribution in [0.25, 0.3) is 0 Å². The van der Waals surface area contributed by atoms with Crippen molar-refractivity contribution in [2.75, 3.05) is 16.4 Å². The Morgan fingerprint density at radius 2 is 1.57 bits per heavy atom. The first-order chi connectivity index (χ1) is 11.0. The molecule has 0 bridgehead atoms. The fraction of sp³-hybridized carbons (Fsp3) is 0.222. The van der Waals surface area contributed by atoms with Crippen LogP contribution in [-0.2, 0) is 9.59 Å². The molecule has 2 aromatic rings. The first kappa shape index (κ1) is 17.1. The minimum absolute atomic E-state index is 0.107. The summed E-state index contributed by atoms with van der Waals surface area (Å²) in [6.45, 7) is 3.79. The number of thioether (sulfide) groups is 1. The summed E-state index contributed by atoms with van der Waals surface area (Å²) in [6, 6.07) is 16.9. The van der Waals surface area contributed by atoms with E-state index in [1.807, 2.05) is 61.5 Å². The van der Waals surface area contributed by atoms with Gasteiger partial charge in [0, 0.05) is 11.4 Å². The molecule has 0 aliphatic rings. The Balaban J connectivity index is 1.76. The van der Waals surface area contributed by atoms with Gasteiger partial charge < -0.3 is 10.6 Å². The standard InChI is InChI=1S/C18H20N2O2S/c1-13-8-10-16(11-9-13)19-17(21)12-23-14(2)18(22)20-15-6-4-3-5-7-15/h3-11,14H,12H2,1-2H3,(H,19,21)(H,20,22)/t14-/m0/s1. The van der Waals surface area contributed by atoms with E-state index in [1.54, 1.807) is 6.92 Å². The van der Waals surface area contributed by atoms with Crippen molar-refractivity contribution in [1.82, 2.24) is 0 Å². The number of benzene rings is 2. The molecule has 0 spiro atoms. The minimum atomic E-state index is -0.307. The SMILES string of the molecule is Cc1ccc(NC(=O)CS[C@@H](C)C(=O)Nc2ccccc2)cc1. The Morgan fingerprint density at radius 3 is 2.22 bits per heavy atom. The summed E-state index contributed by atoms with van der Waals surface area (Å²) in [6.07, 6.45) is 0. The largest absolute Gasteiger partial charge is 0.325 e. The van der Waals surface area contributed by atoms with Gasteiger partial charge in [-0.05, 0) is 38.1 Å². The van der Waals surface area contributed by atoms with Gasteiger partial charge in [0.2, 0.25) is 11.8 Å². The van der Waals surface area contributed by atoms with Crippen molar-refractivity contribution in [3.8, 4) is 0 Å². The molecule has 2 aromatic carbocycles. The lowest BCUT2D eigenvalue weighted by atomic mass is 10.2. The predicted octanol–water partition coefficient (Wildman–Crippen LogP) is 3.69. The van der Waals surface area contributed by atoms with Crippen LogP contribution in [0.1, 0.15) is 12.5 Å². The summed E-state index contributed by atoms with van der Waals surface area (Å²) in [4.78, 5) is 24.0. The molecular weight excluding hydrogens is 308 g/mol. The van der Waals surface area contributed by atoms with Crippen molar-refractivity contribution in [3.63, 3.8) is 0 Å². The summed E-state index contributed by atoms with van der Waals surface area (Å²) < 4.78 is 0. The molecule has 120 valence electrons. The molecule has 0 aliphatic carbocycles. The lowest BCUT2D eigenvalue weighted by molar-refractivity contribution is -0.115. The number of hydrogen-bond donors (Lipinski definition) is 2. The third-order valence-electron chi connectivity index (χ3n) is 3.21. The van der Waals surface area contributed by atoms with Crippen molar-refractivity contribution < 1.29 is 9.59 Å². The van der Waals surface area contributed by atoms with Gasteiger partial charge in [-0.2, -0.15) is 0 Å². The Kier molecular flexibility index (Phi) is 6.23. The quantitative estimate of drug-likeness (QED) is 0.850. The first-order valence-corrected chi connectivity index (χ1v) is 8.43. The van der Waals surface area contributed by atoms with Crippen LogP contribution >= 0.6 is 11.8 Å². The Hall–Kier alpha value is -2.27. The number of hydrogen-bond acceptors (Lipinski definition) is 3. The fourth-order valence-corrected chi connectivity index (χ4v) is 2.56. The average molecular weight is 328 g/mol. The van der Waals surface area contributed by atoms with Gasteiger partial charge in [-0.15, -0.1) is 11.8 Å². The molecule has 0 aliphatic heterocycles. The average Bonchev–Trinajstić information content (AvgIpc) is 2.55. The van der Waals surface area contributed by atoms with Gasteiger partial charge in [-0.25, -0.2) is 0 Å². The maximum Gasteiger partial charge on any atom is 0.237 e. The van der Waals surface area contributed by atoms with Crippen molar-refractivity contribution in [2.24, 2.45) is 0 Å². The Labute approximate surface area is 140 Å². The topological polar surface area (TPSA) is 58.2 Å². The second-order valence-corrected chi connectivity index (χ2v) is 6.55. The van der Waals surface area contributed by atoms with Gasteiger partial charge >= 0.3 is 0 Å². The number of anilines is 2. The lowest BCUT2D eigenvalue weighted by Crippen LogP contribution is -2.25. The van der Waals surface area contributed by atoms with Gasteiger partial charge in [-0.3, -0.25) is 9.59 Å². The van der Waals surface area contributed by atoms with Crippen LogP contribution in [0, 0.1) is 6.92 Å². The maximum atomic E-state index is 12.1. The van der Waals surface area contributed by atoms with E-state index in [4.69, 9.17) is 0 Å². The summed E-state index contributed by atoms with van der Waals surface area (Å²) in [7, 11) is 0. The molecule has 0 saturated carbocycles. The Bertz CT molecular complexity index is 656. The van der Waals surface area contributed by atoms with E-state index < -0.39 is 0 Å². The molecule has 0 aromatic heterocycles. The van der Waals surface area contributed by atoms with Crippen LogP contribution < -0.4 is 10.6 Å². The van der Waals surface area contributed by atoms with E-state index in [2.05, 4.69) is 10.6 Å². The van der Waals surface area contributed by atoms with Crippen LogP contribution in [0.4, 0.5) is 11.4 Å². The van der Waals surface area contributed by atoms with E-state index in [0.717, 1.165) is 16.9 Å². The monoisotopic (exact) mass is 328 g/mol. The van der Waals surface area contributed by atoms with Gasteiger partial charge in [0.1, 0.15) is 0 Å². The highest BCUT2D eigenvalue weighted by Gasteiger charge is 2.15. The van der Waals surface area contributed by atoms with Crippen LogP contribution in [0.3, 0.4) is 0 Å². The van der Waals surface area contributed by atoms with Crippen molar-refractivity contribution in [3.05, 3.63) is 60.2 Å². The second kappa shape index (κ2) is 8.39. The Morgan fingerprint density at radius 1 is 0.957 bits per heavy atom. The molecule has 5 heteroatoms. The van der Waals surface area contributed by atoms with Crippen molar-refractivity contribution in [1.29, 1.82) is 0 Å². The number of aryl methyl sites for hydroxylation is 1. The highest BCUT2D eigenvalue weighted by Crippen LogP contribution is 2.15. The van der Waals surface area contributed by atoms with E-state index in [0.29, 0.717) is 0 Å². The molecule has 1 atom stereocenters. The normalized spacial score (nSPS) is 11.6. The third-order valence-corrected chi connectivity index (χ3v) is 4.35. The highest BCUT2D eigenvalue weighted by molar-refractivity contribution is 8.01. The zero-order chi connectivity index (χ0) is 16.7. The molecule has 0 radical (unpaired) electrons. The van der Waals surface area contributed by atoms with Crippen molar-refractivity contribution in [2.45, 2.75) is 19.1 Å². The van der Waals surface area contributed by atoms with Crippen LogP contribution in [0.5, 0.6) is 0 Å².